The second-order valence-corrected chi connectivity index (χ2v) is 3.89. The molecule has 0 rings (SSSR count). The molecule has 0 fully saturated rings. The van der Waals surface area contributed by atoms with Crippen LogP contribution >= 0.6 is 0 Å². The number of aliphatic hydroxyl groups is 1. The van der Waals surface area contributed by atoms with E-state index in [4.69, 9.17) is 0 Å². The van der Waals surface area contributed by atoms with Crippen molar-refractivity contribution in [1.82, 2.24) is 0 Å². The molecular weight excluding hydrogens is 180 g/mol. The molecule has 0 aromatic rings. The molecule has 3 heteroatoms. The van der Waals surface area contributed by atoms with Gasteiger partial charge in [-0.15, -0.1) is 0 Å². The number of rotatable bonds is 7. The third-order valence-electron chi connectivity index (χ3n) is 2.59. The molecule has 2 atom stereocenters. The fourth-order valence-electron chi connectivity index (χ4n) is 1.26. The fraction of sp³-hybridized carbons (Fsp3) is 0.909. The minimum Gasteiger partial charge on any atom is -0.469 e. The molecule has 84 valence electrons. The first-order valence-corrected chi connectivity index (χ1v) is 5.32. The summed E-state index contributed by atoms with van der Waals surface area (Å²) in [6.45, 7) is 3.87. The number of ether oxygens (including phenoxy) is 1. The van der Waals surface area contributed by atoms with Crippen LogP contribution in [0.1, 0.15) is 46.0 Å². The molecule has 0 aromatic heterocycles. The highest BCUT2D eigenvalue weighted by molar-refractivity contribution is 5.68. The smallest absolute Gasteiger partial charge is 0.305 e. The SMILES string of the molecule is COC(=O)CCCCCC(C)C(C)O. The van der Waals surface area contributed by atoms with Crippen LogP contribution in [0.2, 0.25) is 0 Å². The van der Waals surface area contributed by atoms with Crippen molar-refractivity contribution in [1.29, 1.82) is 0 Å². The van der Waals surface area contributed by atoms with Crippen LogP contribution in [0.3, 0.4) is 0 Å². The van der Waals surface area contributed by atoms with E-state index < -0.39 is 0 Å². The average Bonchev–Trinajstić information content (AvgIpc) is 2.16. The van der Waals surface area contributed by atoms with E-state index in [0.717, 1.165) is 25.7 Å². The van der Waals surface area contributed by atoms with Crippen molar-refractivity contribution in [2.24, 2.45) is 5.92 Å². The monoisotopic (exact) mass is 202 g/mol. The number of carbonyl (C=O) groups excluding carboxylic acids is 1. The van der Waals surface area contributed by atoms with Gasteiger partial charge in [0.15, 0.2) is 0 Å². The van der Waals surface area contributed by atoms with Gasteiger partial charge in [0.1, 0.15) is 0 Å². The molecule has 0 heterocycles. The van der Waals surface area contributed by atoms with Crippen molar-refractivity contribution >= 4 is 5.97 Å². The molecule has 0 aromatic carbocycles. The molecule has 0 bridgehead atoms. The molecule has 0 spiro atoms. The number of methoxy groups -OCH3 is 1. The van der Waals surface area contributed by atoms with E-state index in [2.05, 4.69) is 4.74 Å². The maximum absolute atomic E-state index is 10.8. The Balaban J connectivity index is 3.25. The third kappa shape index (κ3) is 6.89. The Morgan fingerprint density at radius 1 is 1.29 bits per heavy atom. The number of hydrogen-bond donors (Lipinski definition) is 1. The molecule has 0 saturated heterocycles. The summed E-state index contributed by atoms with van der Waals surface area (Å²) >= 11 is 0. The predicted octanol–water partition coefficient (Wildman–Crippen LogP) is 2.13. The summed E-state index contributed by atoms with van der Waals surface area (Å²) in [5, 5.41) is 9.23. The Bertz CT molecular complexity index is 155. The van der Waals surface area contributed by atoms with Crippen molar-refractivity contribution in [3.8, 4) is 0 Å². The molecule has 14 heavy (non-hydrogen) atoms. The first-order chi connectivity index (χ1) is 6.57. The summed E-state index contributed by atoms with van der Waals surface area (Å²) < 4.78 is 4.54. The van der Waals surface area contributed by atoms with Crippen molar-refractivity contribution < 1.29 is 14.6 Å². The second kappa shape index (κ2) is 7.80. The van der Waals surface area contributed by atoms with E-state index in [1.807, 2.05) is 13.8 Å². The number of aliphatic hydroxyl groups excluding tert-OH is 1. The Morgan fingerprint density at radius 2 is 1.93 bits per heavy atom. The topological polar surface area (TPSA) is 46.5 Å². The van der Waals surface area contributed by atoms with Crippen molar-refractivity contribution in [2.75, 3.05) is 7.11 Å². The summed E-state index contributed by atoms with van der Waals surface area (Å²) in [4.78, 5) is 10.8. The maximum atomic E-state index is 10.8. The molecule has 0 amide bonds. The van der Waals surface area contributed by atoms with Crippen LogP contribution in [0.25, 0.3) is 0 Å². The third-order valence-corrected chi connectivity index (χ3v) is 2.59. The van der Waals surface area contributed by atoms with Crippen LogP contribution in [0, 0.1) is 5.92 Å². The van der Waals surface area contributed by atoms with Crippen molar-refractivity contribution in [3.05, 3.63) is 0 Å². The fourth-order valence-corrected chi connectivity index (χ4v) is 1.26. The van der Waals surface area contributed by atoms with Gasteiger partial charge < -0.3 is 9.84 Å². The van der Waals surface area contributed by atoms with E-state index >= 15 is 0 Å². The van der Waals surface area contributed by atoms with Gasteiger partial charge >= 0.3 is 5.97 Å². The highest BCUT2D eigenvalue weighted by Gasteiger charge is 2.07. The van der Waals surface area contributed by atoms with Crippen LogP contribution in [0.5, 0.6) is 0 Å². The lowest BCUT2D eigenvalue weighted by Crippen LogP contribution is -2.12. The Kier molecular flexibility index (Phi) is 7.48. The lowest BCUT2D eigenvalue weighted by Gasteiger charge is -2.13. The highest BCUT2D eigenvalue weighted by Crippen LogP contribution is 2.13. The summed E-state index contributed by atoms with van der Waals surface area (Å²) in [7, 11) is 1.41. The first kappa shape index (κ1) is 13.4. The van der Waals surface area contributed by atoms with Gasteiger partial charge in [0, 0.05) is 6.42 Å². The van der Waals surface area contributed by atoms with E-state index in [-0.39, 0.29) is 12.1 Å². The van der Waals surface area contributed by atoms with E-state index in [9.17, 15) is 9.90 Å². The van der Waals surface area contributed by atoms with Gasteiger partial charge in [-0.25, -0.2) is 0 Å². The summed E-state index contributed by atoms with van der Waals surface area (Å²) in [5.74, 6) is 0.224. The molecule has 0 aliphatic rings. The quantitative estimate of drug-likeness (QED) is 0.508. The maximum Gasteiger partial charge on any atom is 0.305 e. The molecule has 0 radical (unpaired) electrons. The zero-order valence-electron chi connectivity index (χ0n) is 9.45. The Hall–Kier alpha value is -0.570. The molecular formula is C11H22O3. The van der Waals surface area contributed by atoms with Crippen LogP contribution in [-0.4, -0.2) is 24.3 Å². The predicted molar refractivity (Wildman–Crippen MR) is 55.9 cm³/mol. The lowest BCUT2D eigenvalue weighted by atomic mass is 9.98. The van der Waals surface area contributed by atoms with Gasteiger partial charge in [-0.05, 0) is 25.7 Å². The number of carbonyl (C=O) groups is 1. The Labute approximate surface area is 86.5 Å². The zero-order chi connectivity index (χ0) is 11.0. The summed E-state index contributed by atoms with van der Waals surface area (Å²) in [6.07, 6.45) is 4.31. The highest BCUT2D eigenvalue weighted by atomic mass is 16.5. The van der Waals surface area contributed by atoms with Crippen LogP contribution in [0.15, 0.2) is 0 Å². The molecule has 0 saturated carbocycles. The van der Waals surface area contributed by atoms with Gasteiger partial charge in [0.25, 0.3) is 0 Å². The van der Waals surface area contributed by atoms with Gasteiger partial charge in [0.2, 0.25) is 0 Å². The van der Waals surface area contributed by atoms with E-state index in [1.165, 1.54) is 7.11 Å². The van der Waals surface area contributed by atoms with Crippen molar-refractivity contribution in [3.63, 3.8) is 0 Å². The van der Waals surface area contributed by atoms with E-state index in [0.29, 0.717) is 12.3 Å². The second-order valence-electron chi connectivity index (χ2n) is 3.89. The van der Waals surface area contributed by atoms with Crippen LogP contribution < -0.4 is 0 Å². The normalized spacial score (nSPS) is 14.9. The first-order valence-electron chi connectivity index (χ1n) is 5.32. The van der Waals surface area contributed by atoms with Gasteiger partial charge in [0.05, 0.1) is 13.2 Å². The summed E-state index contributed by atoms with van der Waals surface area (Å²) in [5.41, 5.74) is 0. The Morgan fingerprint density at radius 3 is 2.43 bits per heavy atom. The molecule has 0 aliphatic heterocycles. The largest absolute Gasteiger partial charge is 0.469 e. The van der Waals surface area contributed by atoms with Gasteiger partial charge in [-0.1, -0.05) is 19.8 Å². The number of hydrogen-bond acceptors (Lipinski definition) is 3. The minimum absolute atomic E-state index is 0.131. The minimum atomic E-state index is -0.226. The number of unbranched alkanes of at least 4 members (excludes halogenated alkanes) is 2. The van der Waals surface area contributed by atoms with Crippen LogP contribution in [-0.2, 0) is 9.53 Å². The molecule has 0 aliphatic carbocycles. The molecule has 3 nitrogen and oxygen atoms in total. The summed E-state index contributed by atoms with van der Waals surface area (Å²) in [6, 6.07) is 0. The lowest BCUT2D eigenvalue weighted by molar-refractivity contribution is -0.140. The zero-order valence-corrected chi connectivity index (χ0v) is 9.45. The number of esters is 1. The average molecular weight is 202 g/mol. The van der Waals surface area contributed by atoms with Crippen LogP contribution in [0.4, 0.5) is 0 Å². The standard InChI is InChI=1S/C11H22O3/c1-9(10(2)12)7-5-4-6-8-11(13)14-3/h9-10,12H,4-8H2,1-3H3. The van der Waals surface area contributed by atoms with Crippen molar-refractivity contribution in [2.45, 2.75) is 52.1 Å². The molecule has 2 unspecified atom stereocenters. The van der Waals surface area contributed by atoms with E-state index in [1.54, 1.807) is 0 Å². The van der Waals surface area contributed by atoms with Gasteiger partial charge in [-0.3, -0.25) is 4.79 Å². The molecule has 1 N–H and O–H groups in total. The van der Waals surface area contributed by atoms with Gasteiger partial charge in [-0.2, -0.15) is 0 Å².